The molecule has 0 aromatic heterocycles. The van der Waals surface area contributed by atoms with Gasteiger partial charge in [0.2, 0.25) is 5.91 Å². The molecule has 2 aromatic rings. The number of benzene rings is 2. The number of thioether (sulfide) groups is 1. The minimum absolute atomic E-state index is 0.436. The largest absolute Gasteiger partial charge is 0.486 e. The van der Waals surface area contributed by atoms with Crippen molar-refractivity contribution < 1.29 is 14.3 Å². The van der Waals surface area contributed by atoms with Crippen LogP contribution in [0.1, 0.15) is 15.9 Å². The highest BCUT2D eigenvalue weighted by molar-refractivity contribution is 8.13. The number of amidine groups is 1. The molecular weight excluding hydrogens is 326 g/mol. The number of hydrogen-bond donors (Lipinski definition) is 2. The first-order chi connectivity index (χ1) is 11.6. The van der Waals surface area contributed by atoms with Crippen molar-refractivity contribution >= 4 is 28.5 Å². The number of rotatable bonds is 4. The topological polar surface area (TPSA) is 99.9 Å². The fourth-order valence-electron chi connectivity index (χ4n) is 2.18. The summed E-state index contributed by atoms with van der Waals surface area (Å²) in [7, 11) is 0. The number of amides is 1. The molecule has 6 nitrogen and oxygen atoms in total. The summed E-state index contributed by atoms with van der Waals surface area (Å²) < 4.78 is 11.0. The maximum atomic E-state index is 11.0. The summed E-state index contributed by atoms with van der Waals surface area (Å²) >= 11 is 1.42. The summed E-state index contributed by atoms with van der Waals surface area (Å²) in [5, 5.41) is 0.450. The lowest BCUT2D eigenvalue weighted by Gasteiger charge is -2.18. The third kappa shape index (κ3) is 3.99. The van der Waals surface area contributed by atoms with Crippen LogP contribution in [0, 0.1) is 0 Å². The molecule has 3 rings (SSSR count). The van der Waals surface area contributed by atoms with Gasteiger partial charge in [-0.1, -0.05) is 23.9 Å². The maximum Gasteiger partial charge on any atom is 0.248 e. The zero-order valence-corrected chi connectivity index (χ0v) is 13.7. The van der Waals surface area contributed by atoms with E-state index in [0.29, 0.717) is 41.1 Å². The van der Waals surface area contributed by atoms with Crippen molar-refractivity contribution in [1.29, 1.82) is 0 Å². The Morgan fingerprint density at radius 3 is 2.46 bits per heavy atom. The summed E-state index contributed by atoms with van der Waals surface area (Å²) in [5.41, 5.74) is 13.4. The Kier molecular flexibility index (Phi) is 4.90. The van der Waals surface area contributed by atoms with Gasteiger partial charge < -0.3 is 20.9 Å². The zero-order chi connectivity index (χ0) is 16.9. The van der Waals surface area contributed by atoms with Crippen LogP contribution in [0.25, 0.3) is 0 Å². The van der Waals surface area contributed by atoms with E-state index in [-0.39, 0.29) is 0 Å². The molecule has 24 heavy (non-hydrogen) atoms. The van der Waals surface area contributed by atoms with Gasteiger partial charge >= 0.3 is 0 Å². The van der Waals surface area contributed by atoms with Gasteiger partial charge in [-0.25, -0.2) is 4.99 Å². The highest BCUT2D eigenvalue weighted by Crippen LogP contribution is 2.33. The summed E-state index contributed by atoms with van der Waals surface area (Å²) in [6, 6.07) is 12.6. The molecule has 0 saturated carbocycles. The lowest BCUT2D eigenvalue weighted by Crippen LogP contribution is -2.15. The van der Waals surface area contributed by atoms with E-state index in [2.05, 4.69) is 4.99 Å². The predicted molar refractivity (Wildman–Crippen MR) is 95.0 cm³/mol. The first kappa shape index (κ1) is 16.2. The lowest BCUT2D eigenvalue weighted by atomic mass is 10.1. The minimum Gasteiger partial charge on any atom is -0.486 e. The zero-order valence-electron chi connectivity index (χ0n) is 12.9. The van der Waals surface area contributed by atoms with Crippen LogP contribution in [0.5, 0.6) is 11.5 Å². The maximum absolute atomic E-state index is 11.0. The monoisotopic (exact) mass is 343 g/mol. The summed E-state index contributed by atoms with van der Waals surface area (Å²) in [6.45, 7) is 1.09. The first-order valence-corrected chi connectivity index (χ1v) is 8.36. The van der Waals surface area contributed by atoms with Crippen LogP contribution < -0.4 is 20.9 Å². The molecule has 7 heteroatoms. The molecule has 1 aliphatic rings. The lowest BCUT2D eigenvalue weighted by molar-refractivity contribution is 0.100. The van der Waals surface area contributed by atoms with Crippen LogP contribution in [0.4, 0.5) is 5.69 Å². The number of ether oxygens (including phenoxy) is 2. The first-order valence-electron chi connectivity index (χ1n) is 7.37. The Balaban J connectivity index is 1.62. The molecule has 0 bridgehead atoms. The van der Waals surface area contributed by atoms with Crippen molar-refractivity contribution in [2.45, 2.75) is 5.75 Å². The van der Waals surface area contributed by atoms with Gasteiger partial charge in [0.05, 0.1) is 5.69 Å². The molecule has 4 N–H and O–H groups in total. The van der Waals surface area contributed by atoms with Crippen LogP contribution in [0.15, 0.2) is 47.5 Å². The molecule has 0 saturated heterocycles. The molecule has 0 aliphatic carbocycles. The van der Waals surface area contributed by atoms with E-state index >= 15 is 0 Å². The molecule has 0 fully saturated rings. The second-order valence-corrected chi connectivity index (χ2v) is 6.12. The van der Waals surface area contributed by atoms with Crippen LogP contribution in [-0.2, 0) is 5.75 Å². The third-order valence-corrected chi connectivity index (χ3v) is 4.25. The van der Waals surface area contributed by atoms with E-state index in [9.17, 15) is 4.79 Å². The van der Waals surface area contributed by atoms with Gasteiger partial charge in [0.1, 0.15) is 13.2 Å². The van der Waals surface area contributed by atoms with Crippen molar-refractivity contribution in [3.05, 3.63) is 53.6 Å². The van der Waals surface area contributed by atoms with Crippen molar-refractivity contribution in [1.82, 2.24) is 0 Å². The van der Waals surface area contributed by atoms with Crippen LogP contribution in [0.3, 0.4) is 0 Å². The average Bonchev–Trinajstić information content (AvgIpc) is 2.60. The molecule has 0 radical (unpaired) electrons. The second-order valence-electron chi connectivity index (χ2n) is 5.13. The smallest absolute Gasteiger partial charge is 0.248 e. The number of nitrogens with two attached hydrogens (primary N) is 2. The molecule has 0 atom stereocenters. The van der Waals surface area contributed by atoms with Gasteiger partial charge in [0.25, 0.3) is 0 Å². The molecule has 0 unspecified atom stereocenters. The van der Waals surface area contributed by atoms with Gasteiger partial charge in [0.15, 0.2) is 16.7 Å². The highest BCUT2D eigenvalue weighted by atomic mass is 32.2. The van der Waals surface area contributed by atoms with E-state index in [1.54, 1.807) is 12.1 Å². The van der Waals surface area contributed by atoms with Crippen molar-refractivity contribution in [2.75, 3.05) is 13.2 Å². The van der Waals surface area contributed by atoms with E-state index in [4.69, 9.17) is 20.9 Å². The van der Waals surface area contributed by atoms with Gasteiger partial charge in [-0.05, 0) is 29.8 Å². The fourth-order valence-corrected chi connectivity index (χ4v) is 2.86. The SMILES string of the molecule is NC(=O)c1ccc(CSC(N)=Nc2ccc3c(c2)OCCO3)cc1. The number of aliphatic imine (C=N–C) groups is 1. The van der Waals surface area contributed by atoms with Crippen molar-refractivity contribution in [3.8, 4) is 11.5 Å². The number of primary amides is 1. The Labute approximate surface area is 143 Å². The summed E-state index contributed by atoms with van der Waals surface area (Å²) in [6.07, 6.45) is 0. The van der Waals surface area contributed by atoms with Gasteiger partial charge in [-0.15, -0.1) is 0 Å². The van der Waals surface area contributed by atoms with Crippen LogP contribution in [-0.4, -0.2) is 24.3 Å². The Hall–Kier alpha value is -2.67. The second kappa shape index (κ2) is 7.27. The molecule has 0 spiro atoms. The third-order valence-electron chi connectivity index (χ3n) is 3.39. The molecular formula is C17H17N3O3S. The normalized spacial score (nSPS) is 13.6. The van der Waals surface area contributed by atoms with Crippen molar-refractivity contribution in [3.63, 3.8) is 0 Å². The molecule has 1 aliphatic heterocycles. The van der Waals surface area contributed by atoms with Crippen molar-refractivity contribution in [2.24, 2.45) is 16.5 Å². The average molecular weight is 343 g/mol. The number of fused-ring (bicyclic) bond motifs is 1. The Morgan fingerprint density at radius 2 is 1.75 bits per heavy atom. The summed E-state index contributed by atoms with van der Waals surface area (Å²) in [5.74, 6) is 1.62. The summed E-state index contributed by atoms with van der Waals surface area (Å²) in [4.78, 5) is 15.4. The number of nitrogens with zero attached hydrogens (tertiary/aromatic N) is 1. The molecule has 2 aromatic carbocycles. The minimum atomic E-state index is -0.436. The number of carbonyl (C=O) groups is 1. The van der Waals surface area contributed by atoms with E-state index < -0.39 is 5.91 Å². The van der Waals surface area contributed by atoms with E-state index in [0.717, 1.165) is 11.3 Å². The van der Waals surface area contributed by atoms with Gasteiger partial charge in [0, 0.05) is 17.4 Å². The molecule has 124 valence electrons. The fraction of sp³-hybridized carbons (Fsp3) is 0.176. The van der Waals surface area contributed by atoms with E-state index in [1.807, 2.05) is 30.3 Å². The van der Waals surface area contributed by atoms with Crippen LogP contribution in [0.2, 0.25) is 0 Å². The Bertz CT molecular complexity index is 775. The highest BCUT2D eigenvalue weighted by Gasteiger charge is 2.11. The number of carbonyl (C=O) groups excluding carboxylic acids is 1. The van der Waals surface area contributed by atoms with Crippen LogP contribution >= 0.6 is 11.8 Å². The van der Waals surface area contributed by atoms with Gasteiger partial charge in [-0.3, -0.25) is 4.79 Å². The predicted octanol–water partition coefficient (Wildman–Crippen LogP) is 2.44. The molecule has 1 heterocycles. The van der Waals surface area contributed by atoms with E-state index in [1.165, 1.54) is 11.8 Å². The van der Waals surface area contributed by atoms with Gasteiger partial charge in [-0.2, -0.15) is 0 Å². The number of hydrogen-bond acceptors (Lipinski definition) is 5. The standard InChI is InChI=1S/C17H17N3O3S/c18-16(21)12-3-1-11(2-4-12)10-24-17(19)20-13-5-6-14-15(9-13)23-8-7-22-14/h1-6,9H,7-8,10H2,(H2,18,21)(H2,19,20). The quantitative estimate of drug-likeness (QED) is 0.656. The molecule has 1 amide bonds. The Morgan fingerprint density at radius 1 is 1.04 bits per heavy atom.